The molecule has 8 nitrogen and oxygen atoms in total. The summed E-state index contributed by atoms with van der Waals surface area (Å²) >= 11 is 1.39. The average molecular weight is 380 g/mol. The molecule has 9 heteroatoms. The number of nitrogens with zero attached hydrogens (tertiary/aromatic N) is 2. The number of rotatable bonds is 3. The van der Waals surface area contributed by atoms with Gasteiger partial charge in [0, 0.05) is 18.5 Å². The highest BCUT2D eigenvalue weighted by molar-refractivity contribution is 7.07. The summed E-state index contributed by atoms with van der Waals surface area (Å²) < 4.78 is 1.80. The highest BCUT2D eigenvalue weighted by atomic mass is 32.1. The highest BCUT2D eigenvalue weighted by Crippen LogP contribution is 2.18. The van der Waals surface area contributed by atoms with E-state index in [9.17, 15) is 9.90 Å². The van der Waals surface area contributed by atoms with E-state index in [1.54, 1.807) is 4.57 Å². The number of aryl methyl sites for hydroxylation is 2. The zero-order chi connectivity index (χ0) is 19.9. The predicted octanol–water partition coefficient (Wildman–Crippen LogP) is 1.50. The number of aromatic nitrogens is 1. The Balaban J connectivity index is 0.000000487. The van der Waals surface area contributed by atoms with Crippen LogP contribution in [-0.2, 0) is 20.9 Å². The van der Waals surface area contributed by atoms with E-state index in [1.807, 2.05) is 43.6 Å². The SMILES string of the molecule is CC(=O)N=c1sccn1CC(O)c1ccc(C)c(C)c1.O=C(O)C(=O)O. The van der Waals surface area contributed by atoms with Crippen molar-refractivity contribution in [3.63, 3.8) is 0 Å². The van der Waals surface area contributed by atoms with Crippen LogP contribution in [0.3, 0.4) is 0 Å². The number of carboxylic acid groups (broad SMARTS) is 2. The van der Waals surface area contributed by atoms with Crippen molar-refractivity contribution >= 4 is 29.2 Å². The van der Waals surface area contributed by atoms with Crippen LogP contribution in [-0.4, -0.2) is 37.7 Å². The molecule has 0 fully saturated rings. The number of aliphatic hydroxyl groups is 1. The summed E-state index contributed by atoms with van der Waals surface area (Å²) in [7, 11) is 0. The fraction of sp³-hybridized carbons (Fsp3) is 0.294. The summed E-state index contributed by atoms with van der Waals surface area (Å²) in [5.74, 6) is -3.88. The Kier molecular flexibility index (Phi) is 7.88. The number of carbonyl (C=O) groups excluding carboxylic acids is 1. The number of thiazole rings is 1. The zero-order valence-electron chi connectivity index (χ0n) is 14.5. The lowest BCUT2D eigenvalue weighted by atomic mass is 10.0. The fourth-order valence-electron chi connectivity index (χ4n) is 1.92. The van der Waals surface area contributed by atoms with Gasteiger partial charge in [-0.2, -0.15) is 4.99 Å². The standard InChI is InChI=1S/C15H18N2O2S.C2H2O4/c1-10-4-5-13(8-11(10)2)14(19)9-17-6-7-20-15(17)16-12(3)18;3-1(4)2(5)6/h4-8,14,19H,9H2,1-3H3;(H,3,4)(H,5,6). The summed E-state index contributed by atoms with van der Waals surface area (Å²) in [6.45, 7) is 5.88. The molecule has 0 spiro atoms. The number of hydrogen-bond donors (Lipinski definition) is 3. The molecule has 0 saturated carbocycles. The normalized spacial score (nSPS) is 12.1. The Labute approximate surface area is 153 Å². The quantitative estimate of drug-likeness (QED) is 0.692. The number of carbonyl (C=O) groups is 3. The topological polar surface area (TPSA) is 129 Å². The second-order valence-electron chi connectivity index (χ2n) is 5.44. The van der Waals surface area contributed by atoms with Crippen molar-refractivity contribution in [3.8, 4) is 0 Å². The van der Waals surface area contributed by atoms with Crippen molar-refractivity contribution in [3.05, 3.63) is 51.3 Å². The second kappa shape index (κ2) is 9.64. The molecule has 26 heavy (non-hydrogen) atoms. The van der Waals surface area contributed by atoms with Crippen LogP contribution in [0.1, 0.15) is 29.7 Å². The van der Waals surface area contributed by atoms with Crippen molar-refractivity contribution in [2.24, 2.45) is 4.99 Å². The highest BCUT2D eigenvalue weighted by Gasteiger charge is 2.10. The van der Waals surface area contributed by atoms with Crippen molar-refractivity contribution in [2.45, 2.75) is 33.4 Å². The van der Waals surface area contributed by atoms with Crippen LogP contribution >= 0.6 is 11.3 Å². The molecule has 0 aliphatic carbocycles. The van der Waals surface area contributed by atoms with Gasteiger partial charge < -0.3 is 19.9 Å². The van der Waals surface area contributed by atoms with Crippen LogP contribution in [0, 0.1) is 13.8 Å². The fourth-order valence-corrected chi connectivity index (χ4v) is 2.71. The molecule has 2 rings (SSSR count). The lowest BCUT2D eigenvalue weighted by Gasteiger charge is -2.13. The Morgan fingerprint density at radius 3 is 2.27 bits per heavy atom. The molecule has 1 aromatic carbocycles. The molecular weight excluding hydrogens is 360 g/mol. The second-order valence-corrected chi connectivity index (χ2v) is 6.31. The molecule has 0 aliphatic heterocycles. The largest absolute Gasteiger partial charge is 0.473 e. The molecule has 1 amide bonds. The van der Waals surface area contributed by atoms with Crippen LogP contribution in [0.15, 0.2) is 34.8 Å². The van der Waals surface area contributed by atoms with Gasteiger partial charge in [0.25, 0.3) is 0 Å². The lowest BCUT2D eigenvalue weighted by molar-refractivity contribution is -0.159. The molecule has 2 aromatic rings. The first kappa shape index (κ1) is 21.3. The van der Waals surface area contributed by atoms with Gasteiger partial charge in [0.05, 0.1) is 12.6 Å². The van der Waals surface area contributed by atoms with Crippen molar-refractivity contribution < 1.29 is 29.7 Å². The molecule has 140 valence electrons. The van der Waals surface area contributed by atoms with Crippen LogP contribution in [0.2, 0.25) is 0 Å². The van der Waals surface area contributed by atoms with E-state index >= 15 is 0 Å². The molecule has 1 unspecified atom stereocenters. The average Bonchev–Trinajstić information content (AvgIpc) is 2.96. The van der Waals surface area contributed by atoms with Gasteiger partial charge in [0.2, 0.25) is 5.91 Å². The number of aliphatic hydroxyl groups excluding tert-OH is 1. The van der Waals surface area contributed by atoms with Gasteiger partial charge in [0.1, 0.15) is 0 Å². The maximum absolute atomic E-state index is 11.1. The summed E-state index contributed by atoms with van der Waals surface area (Å²) in [6, 6.07) is 5.93. The minimum atomic E-state index is -1.82. The summed E-state index contributed by atoms with van der Waals surface area (Å²) in [6.07, 6.45) is 1.21. The van der Waals surface area contributed by atoms with E-state index in [2.05, 4.69) is 4.99 Å². The molecule has 3 N–H and O–H groups in total. The van der Waals surface area contributed by atoms with Gasteiger partial charge in [-0.3, -0.25) is 4.79 Å². The third-order valence-corrected chi connectivity index (χ3v) is 4.18. The molecule has 0 radical (unpaired) electrons. The molecule has 1 aromatic heterocycles. The Morgan fingerprint density at radius 2 is 1.77 bits per heavy atom. The maximum Gasteiger partial charge on any atom is 0.414 e. The third kappa shape index (κ3) is 6.61. The molecular formula is C17H20N2O6S. The summed E-state index contributed by atoms with van der Waals surface area (Å²) in [4.78, 5) is 33.8. The summed E-state index contributed by atoms with van der Waals surface area (Å²) in [5, 5.41) is 27.0. The minimum absolute atomic E-state index is 0.234. The first-order chi connectivity index (χ1) is 12.1. The Bertz CT molecular complexity index is 856. The number of aliphatic carboxylic acids is 2. The van der Waals surface area contributed by atoms with Crippen molar-refractivity contribution in [1.29, 1.82) is 0 Å². The van der Waals surface area contributed by atoms with E-state index in [-0.39, 0.29) is 5.91 Å². The van der Waals surface area contributed by atoms with E-state index in [4.69, 9.17) is 19.8 Å². The predicted molar refractivity (Wildman–Crippen MR) is 94.7 cm³/mol. The lowest BCUT2D eigenvalue weighted by Crippen LogP contribution is -2.19. The van der Waals surface area contributed by atoms with E-state index in [1.165, 1.54) is 23.8 Å². The monoisotopic (exact) mass is 380 g/mol. The minimum Gasteiger partial charge on any atom is -0.473 e. The Morgan fingerprint density at radius 1 is 1.15 bits per heavy atom. The van der Waals surface area contributed by atoms with Crippen LogP contribution in [0.25, 0.3) is 0 Å². The van der Waals surface area contributed by atoms with Gasteiger partial charge in [-0.1, -0.05) is 18.2 Å². The van der Waals surface area contributed by atoms with Gasteiger partial charge in [-0.25, -0.2) is 9.59 Å². The smallest absolute Gasteiger partial charge is 0.414 e. The van der Waals surface area contributed by atoms with Crippen LogP contribution in [0.5, 0.6) is 0 Å². The maximum atomic E-state index is 11.1. The number of carboxylic acids is 2. The molecule has 1 atom stereocenters. The number of hydrogen-bond acceptors (Lipinski definition) is 5. The molecule has 0 aliphatic rings. The number of amides is 1. The molecule has 0 saturated heterocycles. The number of benzene rings is 1. The van der Waals surface area contributed by atoms with Gasteiger partial charge in [-0.05, 0) is 30.5 Å². The van der Waals surface area contributed by atoms with Crippen LogP contribution in [0.4, 0.5) is 0 Å². The first-order valence-electron chi connectivity index (χ1n) is 7.52. The van der Waals surface area contributed by atoms with E-state index < -0.39 is 18.0 Å². The van der Waals surface area contributed by atoms with Crippen molar-refractivity contribution in [2.75, 3.05) is 0 Å². The van der Waals surface area contributed by atoms with E-state index in [0.717, 1.165) is 11.1 Å². The van der Waals surface area contributed by atoms with Crippen LogP contribution < -0.4 is 4.80 Å². The van der Waals surface area contributed by atoms with Crippen molar-refractivity contribution in [1.82, 2.24) is 4.57 Å². The van der Waals surface area contributed by atoms with E-state index in [0.29, 0.717) is 11.3 Å². The third-order valence-electron chi connectivity index (χ3n) is 3.38. The summed E-state index contributed by atoms with van der Waals surface area (Å²) in [5.41, 5.74) is 3.24. The van der Waals surface area contributed by atoms with Gasteiger partial charge in [0.15, 0.2) is 4.80 Å². The van der Waals surface area contributed by atoms with Gasteiger partial charge in [-0.15, -0.1) is 11.3 Å². The zero-order valence-corrected chi connectivity index (χ0v) is 15.4. The molecule has 1 heterocycles. The van der Waals surface area contributed by atoms with Gasteiger partial charge >= 0.3 is 11.9 Å². The Hall–Kier alpha value is -2.78. The first-order valence-corrected chi connectivity index (χ1v) is 8.40. The molecule has 0 bridgehead atoms.